The molecule has 1 aromatic heterocycles. The number of para-hydroxylation sites is 1. The second-order valence-electron chi connectivity index (χ2n) is 8.42. The molecule has 2 heterocycles. The molecule has 2 aromatic rings. The van der Waals surface area contributed by atoms with Gasteiger partial charge in [-0.3, -0.25) is 10.1 Å². The van der Waals surface area contributed by atoms with Crippen LogP contribution in [0.15, 0.2) is 30.3 Å². The molecule has 0 saturated carbocycles. The molecule has 1 saturated heterocycles. The summed E-state index contributed by atoms with van der Waals surface area (Å²) in [5, 5.41) is 17.0. The molecule has 1 aliphatic heterocycles. The number of nitrogens with one attached hydrogen (secondary N) is 1. The number of aliphatic carboxylic acids is 1. The number of hydrogen-bond donors (Lipinski definition) is 2. The van der Waals surface area contributed by atoms with E-state index in [1.807, 2.05) is 37.3 Å². The Labute approximate surface area is 165 Å². The second-order valence-corrected chi connectivity index (χ2v) is 8.42. The van der Waals surface area contributed by atoms with Gasteiger partial charge in [0.1, 0.15) is 5.82 Å². The van der Waals surface area contributed by atoms with Crippen LogP contribution in [-0.4, -0.2) is 44.9 Å². The Hall–Kier alpha value is -2.83. The molecule has 0 spiro atoms. The number of urea groups is 1. The number of piperidine rings is 1. The highest BCUT2D eigenvalue weighted by molar-refractivity contribution is 5.89. The minimum Gasteiger partial charge on any atom is -0.481 e. The number of nitrogens with zero attached hydrogens (tertiary/aromatic N) is 3. The van der Waals surface area contributed by atoms with E-state index in [0.717, 1.165) is 16.9 Å². The van der Waals surface area contributed by atoms with Crippen LogP contribution in [0.3, 0.4) is 0 Å². The van der Waals surface area contributed by atoms with Crippen molar-refractivity contribution in [1.82, 2.24) is 14.7 Å². The lowest BCUT2D eigenvalue weighted by Gasteiger charge is -2.30. The number of aryl methyl sites for hydroxylation is 1. The van der Waals surface area contributed by atoms with E-state index in [4.69, 9.17) is 5.10 Å². The summed E-state index contributed by atoms with van der Waals surface area (Å²) >= 11 is 0. The van der Waals surface area contributed by atoms with Crippen molar-refractivity contribution in [2.24, 2.45) is 5.92 Å². The van der Waals surface area contributed by atoms with E-state index in [2.05, 4.69) is 26.1 Å². The highest BCUT2D eigenvalue weighted by atomic mass is 16.4. The topological polar surface area (TPSA) is 87.5 Å². The van der Waals surface area contributed by atoms with E-state index < -0.39 is 11.9 Å². The largest absolute Gasteiger partial charge is 0.481 e. The molecule has 150 valence electrons. The average molecular weight is 384 g/mol. The predicted molar refractivity (Wildman–Crippen MR) is 108 cm³/mol. The molecule has 0 aliphatic carbocycles. The normalized spacial score (nSPS) is 17.4. The fraction of sp³-hybridized carbons (Fsp3) is 0.476. The van der Waals surface area contributed by atoms with Crippen LogP contribution in [0, 0.1) is 12.8 Å². The summed E-state index contributed by atoms with van der Waals surface area (Å²) in [5.41, 5.74) is 2.64. The van der Waals surface area contributed by atoms with Gasteiger partial charge in [-0.15, -0.1) is 0 Å². The number of carbonyl (C=O) groups excluding carboxylic acids is 1. The molecule has 7 nitrogen and oxygen atoms in total. The van der Waals surface area contributed by atoms with Gasteiger partial charge in [0.25, 0.3) is 0 Å². The van der Waals surface area contributed by atoms with Gasteiger partial charge in [-0.05, 0) is 31.4 Å². The van der Waals surface area contributed by atoms with Crippen LogP contribution in [-0.2, 0) is 10.2 Å². The molecule has 2 amide bonds. The number of carbonyl (C=O) groups is 2. The smallest absolute Gasteiger partial charge is 0.323 e. The van der Waals surface area contributed by atoms with Gasteiger partial charge in [0, 0.05) is 24.6 Å². The summed E-state index contributed by atoms with van der Waals surface area (Å²) in [6.45, 7) is 9.01. The summed E-state index contributed by atoms with van der Waals surface area (Å²) in [4.78, 5) is 25.7. The Morgan fingerprint density at radius 2 is 1.96 bits per heavy atom. The van der Waals surface area contributed by atoms with Crippen molar-refractivity contribution in [2.45, 2.75) is 46.0 Å². The van der Waals surface area contributed by atoms with Crippen molar-refractivity contribution < 1.29 is 14.7 Å². The number of carboxylic acids is 1. The van der Waals surface area contributed by atoms with Crippen molar-refractivity contribution in [3.63, 3.8) is 0 Å². The van der Waals surface area contributed by atoms with Crippen LogP contribution in [0.4, 0.5) is 10.6 Å². The standard InChI is InChI=1S/C21H28N4O3/c1-14-8-5-6-10-16(14)25-18(12-17(23-25)21(2,3)4)22-20(28)24-11-7-9-15(13-24)19(26)27/h5-6,8,10,12,15H,7,9,11,13H2,1-4H3,(H,22,28)(H,26,27). The van der Waals surface area contributed by atoms with Gasteiger partial charge < -0.3 is 10.0 Å². The molecular weight excluding hydrogens is 356 g/mol. The number of anilines is 1. The first-order chi connectivity index (χ1) is 13.2. The number of aromatic nitrogens is 2. The highest BCUT2D eigenvalue weighted by Gasteiger charge is 2.29. The summed E-state index contributed by atoms with van der Waals surface area (Å²) in [5.74, 6) is -0.773. The van der Waals surface area contributed by atoms with Crippen LogP contribution in [0.5, 0.6) is 0 Å². The fourth-order valence-corrected chi connectivity index (χ4v) is 3.37. The van der Waals surface area contributed by atoms with E-state index in [0.29, 0.717) is 25.2 Å². The first-order valence-corrected chi connectivity index (χ1v) is 9.62. The number of hydrogen-bond acceptors (Lipinski definition) is 3. The Bertz CT molecular complexity index is 882. The first-order valence-electron chi connectivity index (χ1n) is 9.62. The minimum absolute atomic E-state index is 0.174. The van der Waals surface area contributed by atoms with Crippen molar-refractivity contribution in [3.8, 4) is 5.69 Å². The fourth-order valence-electron chi connectivity index (χ4n) is 3.37. The van der Waals surface area contributed by atoms with Gasteiger partial charge in [0.05, 0.1) is 17.3 Å². The maximum atomic E-state index is 12.8. The Kier molecular flexibility index (Phi) is 5.45. The van der Waals surface area contributed by atoms with E-state index >= 15 is 0 Å². The van der Waals surface area contributed by atoms with Crippen LogP contribution in [0.25, 0.3) is 5.69 Å². The lowest BCUT2D eigenvalue weighted by Crippen LogP contribution is -2.44. The van der Waals surface area contributed by atoms with Crippen LogP contribution < -0.4 is 5.32 Å². The van der Waals surface area contributed by atoms with Gasteiger partial charge >= 0.3 is 12.0 Å². The molecular formula is C21H28N4O3. The molecule has 0 bridgehead atoms. The zero-order valence-corrected chi connectivity index (χ0v) is 16.9. The monoisotopic (exact) mass is 384 g/mol. The van der Waals surface area contributed by atoms with Gasteiger partial charge in [0.15, 0.2) is 0 Å². The lowest BCUT2D eigenvalue weighted by atomic mass is 9.92. The molecule has 1 fully saturated rings. The quantitative estimate of drug-likeness (QED) is 0.842. The third-order valence-corrected chi connectivity index (χ3v) is 5.11. The number of amides is 2. The van der Waals surface area contributed by atoms with Gasteiger partial charge in [-0.25, -0.2) is 9.48 Å². The van der Waals surface area contributed by atoms with Crippen LogP contribution in [0.2, 0.25) is 0 Å². The molecule has 28 heavy (non-hydrogen) atoms. The third kappa shape index (κ3) is 4.18. The SMILES string of the molecule is Cc1ccccc1-n1nc(C(C)(C)C)cc1NC(=O)N1CCCC(C(=O)O)C1. The van der Waals surface area contributed by atoms with Crippen LogP contribution >= 0.6 is 0 Å². The van der Waals surface area contributed by atoms with E-state index in [-0.39, 0.29) is 18.0 Å². The summed E-state index contributed by atoms with van der Waals surface area (Å²) < 4.78 is 1.76. The van der Waals surface area contributed by atoms with E-state index in [1.54, 1.807) is 9.58 Å². The van der Waals surface area contributed by atoms with E-state index in [9.17, 15) is 14.7 Å². The third-order valence-electron chi connectivity index (χ3n) is 5.11. The van der Waals surface area contributed by atoms with Gasteiger partial charge in [-0.1, -0.05) is 39.0 Å². The maximum Gasteiger partial charge on any atom is 0.323 e. The van der Waals surface area contributed by atoms with Gasteiger partial charge in [0.2, 0.25) is 0 Å². The zero-order valence-electron chi connectivity index (χ0n) is 16.9. The van der Waals surface area contributed by atoms with Crippen molar-refractivity contribution in [3.05, 3.63) is 41.6 Å². The molecule has 2 N–H and O–H groups in total. The second kappa shape index (κ2) is 7.66. The molecule has 7 heteroatoms. The average Bonchev–Trinajstić information content (AvgIpc) is 3.06. The minimum atomic E-state index is -0.850. The number of likely N-dealkylation sites (tertiary alicyclic amines) is 1. The van der Waals surface area contributed by atoms with Crippen molar-refractivity contribution in [2.75, 3.05) is 18.4 Å². The van der Waals surface area contributed by atoms with Crippen molar-refractivity contribution in [1.29, 1.82) is 0 Å². The highest BCUT2D eigenvalue weighted by Crippen LogP contribution is 2.28. The lowest BCUT2D eigenvalue weighted by molar-refractivity contribution is -0.143. The summed E-state index contributed by atoms with van der Waals surface area (Å²) in [7, 11) is 0. The number of benzene rings is 1. The maximum absolute atomic E-state index is 12.8. The molecule has 3 rings (SSSR count). The summed E-state index contributed by atoms with van der Waals surface area (Å²) in [6.07, 6.45) is 1.29. The zero-order chi connectivity index (χ0) is 20.5. The number of carboxylic acid groups (broad SMARTS) is 1. The molecule has 1 unspecified atom stereocenters. The molecule has 0 radical (unpaired) electrons. The molecule has 1 aromatic carbocycles. The predicted octanol–water partition coefficient (Wildman–Crippen LogP) is 3.81. The number of rotatable bonds is 3. The molecule has 1 atom stereocenters. The van der Waals surface area contributed by atoms with E-state index in [1.165, 1.54) is 0 Å². The molecule has 1 aliphatic rings. The van der Waals surface area contributed by atoms with Crippen LogP contribution in [0.1, 0.15) is 44.9 Å². The van der Waals surface area contributed by atoms with Crippen molar-refractivity contribution >= 4 is 17.8 Å². The Morgan fingerprint density at radius 3 is 2.61 bits per heavy atom. The Morgan fingerprint density at radius 1 is 1.25 bits per heavy atom. The Balaban J connectivity index is 1.90. The first kappa shape index (κ1) is 19.9. The summed E-state index contributed by atoms with van der Waals surface area (Å²) in [6, 6.07) is 9.47. The van der Waals surface area contributed by atoms with Gasteiger partial charge in [-0.2, -0.15) is 5.10 Å².